The second-order valence-corrected chi connectivity index (χ2v) is 9.14. The molecule has 1 aromatic heterocycles. The first kappa shape index (κ1) is 27.0. The SMILES string of the molecule is Cc1ccc(NC(=O)N2CCOCC2)cc1-c1cc(OCCO)nc(N2CCOCC2)c1.FC1(F)CC1. The quantitative estimate of drug-likeness (QED) is 0.602. The van der Waals surface area contributed by atoms with E-state index in [0.717, 1.165) is 41.3 Å². The van der Waals surface area contributed by atoms with Crippen LogP contribution < -0.4 is 15.0 Å². The number of nitrogens with one attached hydrogen (secondary N) is 1. The molecule has 0 spiro atoms. The summed E-state index contributed by atoms with van der Waals surface area (Å²) in [5.74, 6) is -0.985. The fourth-order valence-corrected chi connectivity index (χ4v) is 3.90. The molecule has 9 nitrogen and oxygen atoms in total. The Morgan fingerprint density at radius 3 is 2.35 bits per heavy atom. The van der Waals surface area contributed by atoms with Gasteiger partial charge in [0.15, 0.2) is 0 Å². The molecule has 2 N–H and O–H groups in total. The lowest BCUT2D eigenvalue weighted by atomic mass is 10.0. The monoisotopic (exact) mass is 520 g/mol. The number of ether oxygens (including phenoxy) is 3. The van der Waals surface area contributed by atoms with Crippen LogP contribution in [0.1, 0.15) is 18.4 Å². The van der Waals surface area contributed by atoms with E-state index in [1.54, 1.807) is 4.90 Å². The number of carbonyl (C=O) groups is 1. The van der Waals surface area contributed by atoms with Gasteiger partial charge in [-0.15, -0.1) is 0 Å². The van der Waals surface area contributed by atoms with Gasteiger partial charge in [0.2, 0.25) is 11.8 Å². The van der Waals surface area contributed by atoms with Gasteiger partial charge >= 0.3 is 6.03 Å². The van der Waals surface area contributed by atoms with Crippen LogP contribution in [0.4, 0.5) is 25.1 Å². The van der Waals surface area contributed by atoms with Crippen LogP contribution >= 0.6 is 0 Å². The first-order chi connectivity index (χ1) is 17.8. The van der Waals surface area contributed by atoms with Gasteiger partial charge in [-0.3, -0.25) is 0 Å². The number of alkyl halides is 2. The number of carbonyl (C=O) groups excluding carboxylic acids is 1. The molecule has 2 aliphatic heterocycles. The molecule has 3 aliphatic rings. The van der Waals surface area contributed by atoms with Crippen molar-refractivity contribution in [2.75, 3.05) is 76.0 Å². The third-order valence-corrected chi connectivity index (χ3v) is 6.19. The van der Waals surface area contributed by atoms with Crippen molar-refractivity contribution >= 4 is 17.5 Å². The molecule has 1 aromatic carbocycles. The van der Waals surface area contributed by atoms with Gasteiger partial charge in [0, 0.05) is 50.8 Å². The number of amides is 2. The van der Waals surface area contributed by atoms with Crippen molar-refractivity contribution in [3.63, 3.8) is 0 Å². The Balaban J connectivity index is 0.000000572. The van der Waals surface area contributed by atoms with Gasteiger partial charge < -0.3 is 34.4 Å². The second kappa shape index (κ2) is 12.5. The van der Waals surface area contributed by atoms with E-state index in [1.807, 2.05) is 37.3 Å². The molecule has 2 amide bonds. The zero-order valence-corrected chi connectivity index (χ0v) is 21.0. The first-order valence-corrected chi connectivity index (χ1v) is 12.6. The van der Waals surface area contributed by atoms with E-state index in [9.17, 15) is 18.7 Å². The van der Waals surface area contributed by atoms with Gasteiger partial charge in [-0.2, -0.15) is 4.98 Å². The van der Waals surface area contributed by atoms with Crippen LogP contribution in [0.15, 0.2) is 30.3 Å². The summed E-state index contributed by atoms with van der Waals surface area (Å²) in [6.45, 7) is 7.24. The van der Waals surface area contributed by atoms with E-state index in [2.05, 4.69) is 15.2 Å². The largest absolute Gasteiger partial charge is 0.475 e. The minimum absolute atomic E-state index is 0.0825. The number of aliphatic hydroxyl groups is 1. The van der Waals surface area contributed by atoms with Gasteiger partial charge in [0.1, 0.15) is 12.4 Å². The summed E-state index contributed by atoms with van der Waals surface area (Å²) in [7, 11) is 0. The number of aromatic nitrogens is 1. The highest BCUT2D eigenvalue weighted by molar-refractivity contribution is 5.90. The highest BCUT2D eigenvalue weighted by Gasteiger charge is 2.43. The number of benzene rings is 1. The zero-order valence-electron chi connectivity index (χ0n) is 21.0. The van der Waals surface area contributed by atoms with Crippen LogP contribution in [-0.4, -0.2) is 92.8 Å². The number of urea groups is 1. The van der Waals surface area contributed by atoms with Crippen LogP contribution in [0.2, 0.25) is 0 Å². The fourth-order valence-electron chi connectivity index (χ4n) is 3.90. The third-order valence-electron chi connectivity index (χ3n) is 6.19. The molecule has 0 atom stereocenters. The lowest BCUT2D eigenvalue weighted by Gasteiger charge is -2.28. The van der Waals surface area contributed by atoms with Gasteiger partial charge in [0.25, 0.3) is 0 Å². The smallest absolute Gasteiger partial charge is 0.321 e. The molecule has 202 valence electrons. The molecule has 0 radical (unpaired) electrons. The third kappa shape index (κ3) is 7.98. The number of hydrogen-bond acceptors (Lipinski definition) is 7. The summed E-state index contributed by atoms with van der Waals surface area (Å²) in [6.07, 6.45) is 0.236. The Labute approximate surface area is 215 Å². The van der Waals surface area contributed by atoms with Crippen molar-refractivity contribution in [3.05, 3.63) is 35.9 Å². The minimum Gasteiger partial charge on any atom is -0.475 e. The normalized spacial score (nSPS) is 18.5. The molecular formula is C26H34F2N4O5. The van der Waals surface area contributed by atoms with Gasteiger partial charge in [0.05, 0.1) is 33.0 Å². The van der Waals surface area contributed by atoms with Crippen LogP contribution in [-0.2, 0) is 9.47 Å². The minimum atomic E-state index is -2.25. The van der Waals surface area contributed by atoms with Crippen LogP contribution in [0.5, 0.6) is 5.88 Å². The summed E-state index contributed by atoms with van der Waals surface area (Å²) in [5, 5.41) is 12.2. The molecule has 3 heterocycles. The maximum Gasteiger partial charge on any atom is 0.321 e. The van der Waals surface area contributed by atoms with Crippen LogP contribution in [0, 0.1) is 6.92 Å². The van der Waals surface area contributed by atoms with E-state index < -0.39 is 5.92 Å². The number of rotatable bonds is 6. The number of morpholine rings is 2. The molecule has 2 saturated heterocycles. The van der Waals surface area contributed by atoms with Crippen molar-refractivity contribution in [3.8, 4) is 17.0 Å². The van der Waals surface area contributed by atoms with Crippen molar-refractivity contribution in [2.24, 2.45) is 0 Å². The van der Waals surface area contributed by atoms with Gasteiger partial charge in [-0.1, -0.05) is 6.07 Å². The average Bonchev–Trinajstić information content (AvgIpc) is 3.63. The lowest BCUT2D eigenvalue weighted by molar-refractivity contribution is 0.0564. The Morgan fingerprint density at radius 2 is 1.73 bits per heavy atom. The first-order valence-electron chi connectivity index (χ1n) is 12.6. The number of halogens is 2. The molecular weight excluding hydrogens is 486 g/mol. The molecule has 11 heteroatoms. The predicted octanol–water partition coefficient (Wildman–Crippen LogP) is 3.54. The average molecular weight is 521 g/mol. The summed E-state index contributed by atoms with van der Waals surface area (Å²) in [5.41, 5.74) is 3.72. The maximum atomic E-state index is 12.6. The standard InChI is InChI=1S/C23H30N4O5.C3H4F2/c1-17-2-3-19(24-23(29)27-6-11-31-12-7-27)16-20(17)18-14-21(26-4-9-30-10-5-26)25-22(15-18)32-13-8-28;4-3(5)1-2-3/h2-3,14-16,28H,4-13H2,1H3,(H,24,29);1-2H2. The van der Waals surface area contributed by atoms with E-state index >= 15 is 0 Å². The predicted molar refractivity (Wildman–Crippen MR) is 136 cm³/mol. The van der Waals surface area contributed by atoms with Crippen molar-refractivity contribution in [1.82, 2.24) is 9.88 Å². The lowest BCUT2D eigenvalue weighted by Crippen LogP contribution is -2.43. The number of aliphatic hydroxyl groups excluding tert-OH is 1. The molecule has 1 aliphatic carbocycles. The number of aryl methyl sites for hydroxylation is 1. The highest BCUT2D eigenvalue weighted by atomic mass is 19.3. The number of nitrogens with zero attached hydrogens (tertiary/aromatic N) is 3. The van der Waals surface area contributed by atoms with Gasteiger partial charge in [-0.05, 0) is 41.8 Å². The van der Waals surface area contributed by atoms with E-state index in [0.29, 0.717) is 45.4 Å². The number of anilines is 2. The summed E-state index contributed by atoms with van der Waals surface area (Å²) >= 11 is 0. The van der Waals surface area contributed by atoms with Crippen molar-refractivity contribution in [1.29, 1.82) is 0 Å². The Hall–Kier alpha value is -3.02. The van der Waals surface area contributed by atoms with Gasteiger partial charge in [-0.25, -0.2) is 13.6 Å². The molecule has 3 fully saturated rings. The number of pyridine rings is 1. The summed E-state index contributed by atoms with van der Waals surface area (Å²) in [6, 6.07) is 9.65. The Kier molecular flexibility index (Phi) is 9.12. The molecule has 5 rings (SSSR count). The Bertz CT molecular complexity index is 1050. The van der Waals surface area contributed by atoms with Crippen molar-refractivity contribution < 1.29 is 32.9 Å². The molecule has 0 bridgehead atoms. The summed E-state index contributed by atoms with van der Waals surface area (Å²) in [4.78, 5) is 21.2. The maximum absolute atomic E-state index is 12.6. The topological polar surface area (TPSA) is 96.4 Å². The second-order valence-electron chi connectivity index (χ2n) is 9.14. The molecule has 37 heavy (non-hydrogen) atoms. The highest BCUT2D eigenvalue weighted by Crippen LogP contribution is 2.40. The molecule has 0 unspecified atom stereocenters. The van der Waals surface area contributed by atoms with E-state index in [4.69, 9.17) is 14.2 Å². The van der Waals surface area contributed by atoms with Crippen LogP contribution in [0.25, 0.3) is 11.1 Å². The zero-order chi connectivity index (χ0) is 26.3. The summed E-state index contributed by atoms with van der Waals surface area (Å²) < 4.78 is 38.7. The van der Waals surface area contributed by atoms with Crippen LogP contribution in [0.3, 0.4) is 0 Å². The molecule has 1 saturated carbocycles. The van der Waals surface area contributed by atoms with E-state index in [-0.39, 0.29) is 32.1 Å². The van der Waals surface area contributed by atoms with Crippen molar-refractivity contribution in [2.45, 2.75) is 25.7 Å². The molecule has 2 aromatic rings. The fraction of sp³-hybridized carbons (Fsp3) is 0.538. The van der Waals surface area contributed by atoms with E-state index in [1.165, 1.54) is 0 Å². The number of hydrogen-bond donors (Lipinski definition) is 2. The Morgan fingerprint density at radius 1 is 1.08 bits per heavy atom.